The molecular formula is C27H27ClN2O6S. The van der Waals surface area contributed by atoms with Crippen molar-refractivity contribution in [3.8, 4) is 17.2 Å². The van der Waals surface area contributed by atoms with Crippen molar-refractivity contribution in [2.24, 2.45) is 4.99 Å². The molecular weight excluding hydrogens is 516 g/mol. The fourth-order valence-corrected chi connectivity index (χ4v) is 5.46. The van der Waals surface area contributed by atoms with Crippen molar-refractivity contribution >= 4 is 35.0 Å². The van der Waals surface area contributed by atoms with Crippen LogP contribution in [0.15, 0.2) is 57.5 Å². The third kappa shape index (κ3) is 5.14. The Hall–Kier alpha value is -3.56. The molecule has 2 heterocycles. The lowest BCUT2D eigenvalue weighted by Gasteiger charge is -2.26. The molecule has 2 aromatic carbocycles. The first-order valence-electron chi connectivity index (χ1n) is 11.7. The number of allylic oxidation sites excluding steroid dienone is 1. The molecule has 1 atom stereocenters. The SMILES string of the molecule is CCOC(=O)C1=C(C)N=c2sc(=Cc3ccc(OCC)c(Cl)c3)c(=O)n2C1c1cc(OC)ccc1OC. The molecule has 0 bridgehead atoms. The number of benzene rings is 2. The lowest BCUT2D eigenvalue weighted by molar-refractivity contribution is -0.139. The average Bonchev–Trinajstić information content (AvgIpc) is 3.18. The summed E-state index contributed by atoms with van der Waals surface area (Å²) in [5.41, 5.74) is 1.73. The maximum atomic E-state index is 13.8. The van der Waals surface area contributed by atoms with E-state index in [0.717, 1.165) is 5.56 Å². The molecule has 3 aromatic rings. The van der Waals surface area contributed by atoms with Gasteiger partial charge >= 0.3 is 5.97 Å². The van der Waals surface area contributed by atoms with Gasteiger partial charge in [-0.05, 0) is 62.7 Å². The van der Waals surface area contributed by atoms with Gasteiger partial charge in [-0.2, -0.15) is 0 Å². The first-order valence-corrected chi connectivity index (χ1v) is 12.9. The van der Waals surface area contributed by atoms with Gasteiger partial charge in [0.25, 0.3) is 5.56 Å². The molecule has 1 unspecified atom stereocenters. The smallest absolute Gasteiger partial charge is 0.338 e. The number of carbonyl (C=O) groups is 1. The van der Waals surface area contributed by atoms with Crippen molar-refractivity contribution in [2.45, 2.75) is 26.8 Å². The highest BCUT2D eigenvalue weighted by Crippen LogP contribution is 2.37. The van der Waals surface area contributed by atoms with Crippen LogP contribution in [0.4, 0.5) is 0 Å². The maximum absolute atomic E-state index is 13.8. The standard InChI is InChI=1S/C27H27ClN2O6S/c1-6-35-21-10-8-16(12-19(21)28)13-22-25(31)30-24(18-14-17(33-4)9-11-20(18)34-5)23(26(32)36-7-2)15(3)29-27(30)37-22/h8-14,24H,6-7H2,1-5H3. The summed E-state index contributed by atoms with van der Waals surface area (Å²) in [5.74, 6) is 1.07. The van der Waals surface area contributed by atoms with Gasteiger partial charge in [0.05, 0.1) is 48.3 Å². The Morgan fingerprint density at radius 2 is 1.86 bits per heavy atom. The van der Waals surface area contributed by atoms with E-state index in [2.05, 4.69) is 4.99 Å². The Bertz CT molecular complexity index is 1560. The molecule has 1 aliphatic heterocycles. The van der Waals surface area contributed by atoms with Crippen LogP contribution in [-0.2, 0) is 9.53 Å². The Kier molecular flexibility index (Phi) is 8.04. The summed E-state index contributed by atoms with van der Waals surface area (Å²) in [6, 6.07) is 9.75. The van der Waals surface area contributed by atoms with E-state index in [1.54, 1.807) is 57.4 Å². The summed E-state index contributed by atoms with van der Waals surface area (Å²) in [5, 5.41) is 0.447. The molecule has 0 saturated heterocycles. The van der Waals surface area contributed by atoms with E-state index in [4.69, 9.17) is 30.5 Å². The summed E-state index contributed by atoms with van der Waals surface area (Å²) >= 11 is 7.58. The van der Waals surface area contributed by atoms with Crippen LogP contribution < -0.4 is 29.1 Å². The van der Waals surface area contributed by atoms with Crippen LogP contribution in [0, 0.1) is 0 Å². The molecule has 8 nitrogen and oxygen atoms in total. The third-order valence-electron chi connectivity index (χ3n) is 5.80. The number of thiazole rings is 1. The van der Waals surface area contributed by atoms with Gasteiger partial charge < -0.3 is 18.9 Å². The van der Waals surface area contributed by atoms with Crippen LogP contribution >= 0.6 is 22.9 Å². The molecule has 0 N–H and O–H groups in total. The summed E-state index contributed by atoms with van der Waals surface area (Å²) in [7, 11) is 3.08. The maximum Gasteiger partial charge on any atom is 0.338 e. The molecule has 0 radical (unpaired) electrons. The second kappa shape index (κ2) is 11.2. The fraction of sp³-hybridized carbons (Fsp3) is 0.296. The van der Waals surface area contributed by atoms with Gasteiger partial charge in [0.1, 0.15) is 23.3 Å². The lowest BCUT2D eigenvalue weighted by atomic mass is 9.94. The zero-order chi connectivity index (χ0) is 26.7. The van der Waals surface area contributed by atoms with Crippen molar-refractivity contribution in [1.82, 2.24) is 4.57 Å². The predicted molar refractivity (Wildman–Crippen MR) is 143 cm³/mol. The molecule has 0 saturated carbocycles. The first kappa shape index (κ1) is 26.5. The van der Waals surface area contributed by atoms with E-state index in [1.165, 1.54) is 23.0 Å². The quantitative estimate of drug-likeness (QED) is 0.402. The van der Waals surface area contributed by atoms with E-state index in [1.807, 2.05) is 13.0 Å². The predicted octanol–water partition coefficient (Wildman–Crippen LogP) is 3.87. The molecule has 37 heavy (non-hydrogen) atoms. The van der Waals surface area contributed by atoms with E-state index in [9.17, 15) is 9.59 Å². The number of halogens is 1. The van der Waals surface area contributed by atoms with E-state index >= 15 is 0 Å². The van der Waals surface area contributed by atoms with Crippen LogP contribution in [0.25, 0.3) is 6.08 Å². The second-order valence-corrected chi connectivity index (χ2v) is 9.45. The fourth-order valence-electron chi connectivity index (χ4n) is 4.17. The van der Waals surface area contributed by atoms with Gasteiger partial charge in [-0.1, -0.05) is 29.0 Å². The highest BCUT2D eigenvalue weighted by Gasteiger charge is 2.35. The van der Waals surface area contributed by atoms with Crippen molar-refractivity contribution in [1.29, 1.82) is 0 Å². The van der Waals surface area contributed by atoms with E-state index in [0.29, 0.717) is 49.5 Å². The number of hydrogen-bond acceptors (Lipinski definition) is 8. The molecule has 10 heteroatoms. The number of rotatable bonds is 8. The van der Waals surface area contributed by atoms with Gasteiger partial charge in [0.2, 0.25) is 0 Å². The molecule has 0 aliphatic carbocycles. The van der Waals surface area contributed by atoms with Gasteiger partial charge in [-0.3, -0.25) is 9.36 Å². The molecule has 194 valence electrons. The average molecular weight is 543 g/mol. The monoisotopic (exact) mass is 542 g/mol. The van der Waals surface area contributed by atoms with Gasteiger partial charge in [-0.15, -0.1) is 0 Å². The zero-order valence-electron chi connectivity index (χ0n) is 21.2. The lowest BCUT2D eigenvalue weighted by Crippen LogP contribution is -2.40. The van der Waals surface area contributed by atoms with E-state index in [-0.39, 0.29) is 17.7 Å². The molecule has 1 aliphatic rings. The highest BCUT2D eigenvalue weighted by atomic mass is 35.5. The van der Waals surface area contributed by atoms with Crippen LogP contribution in [0.3, 0.4) is 0 Å². The number of nitrogens with zero attached hydrogens (tertiary/aromatic N) is 2. The summed E-state index contributed by atoms with van der Waals surface area (Å²) < 4.78 is 23.8. The van der Waals surface area contributed by atoms with Crippen LogP contribution in [-0.4, -0.2) is 38.0 Å². The minimum atomic E-state index is -0.827. The highest BCUT2D eigenvalue weighted by molar-refractivity contribution is 7.07. The second-order valence-electron chi connectivity index (χ2n) is 8.03. The first-order chi connectivity index (χ1) is 17.8. The number of esters is 1. The van der Waals surface area contributed by atoms with Crippen LogP contribution in [0.5, 0.6) is 17.2 Å². The molecule has 0 spiro atoms. The summed E-state index contributed by atoms with van der Waals surface area (Å²) in [6.45, 7) is 6.01. The minimum absolute atomic E-state index is 0.181. The van der Waals surface area contributed by atoms with Crippen LogP contribution in [0.1, 0.15) is 37.9 Å². The number of ether oxygens (including phenoxy) is 4. The van der Waals surface area contributed by atoms with Gasteiger partial charge in [0, 0.05) is 5.56 Å². The normalized spacial score (nSPS) is 15.2. The van der Waals surface area contributed by atoms with Crippen molar-refractivity contribution in [3.05, 3.63) is 83.5 Å². The molecule has 1 aromatic heterocycles. The van der Waals surface area contributed by atoms with Crippen molar-refractivity contribution < 1.29 is 23.7 Å². The van der Waals surface area contributed by atoms with E-state index < -0.39 is 12.0 Å². The topological polar surface area (TPSA) is 88.4 Å². The Morgan fingerprint density at radius 1 is 1.11 bits per heavy atom. The summed E-state index contributed by atoms with van der Waals surface area (Å²) in [6.07, 6.45) is 1.74. The van der Waals surface area contributed by atoms with Crippen LogP contribution in [0.2, 0.25) is 5.02 Å². The van der Waals surface area contributed by atoms with Crippen molar-refractivity contribution in [3.63, 3.8) is 0 Å². The largest absolute Gasteiger partial charge is 0.497 e. The minimum Gasteiger partial charge on any atom is -0.497 e. The van der Waals surface area contributed by atoms with Crippen molar-refractivity contribution in [2.75, 3.05) is 27.4 Å². The third-order valence-corrected chi connectivity index (χ3v) is 7.08. The molecule has 0 amide bonds. The van der Waals surface area contributed by atoms with Gasteiger partial charge in [0.15, 0.2) is 4.80 Å². The molecule has 0 fully saturated rings. The van der Waals surface area contributed by atoms with Gasteiger partial charge in [-0.25, -0.2) is 9.79 Å². The molecule has 4 rings (SSSR count). The zero-order valence-corrected chi connectivity index (χ0v) is 22.7. The Morgan fingerprint density at radius 3 is 2.51 bits per heavy atom. The number of carbonyl (C=O) groups excluding carboxylic acids is 1. The Labute approximate surface area is 223 Å². The number of aromatic nitrogens is 1. The summed E-state index contributed by atoms with van der Waals surface area (Å²) in [4.78, 5) is 32.0. The number of methoxy groups -OCH3 is 2. The number of hydrogen-bond donors (Lipinski definition) is 0. The Balaban J connectivity index is 1.96. The number of fused-ring (bicyclic) bond motifs is 1.